The van der Waals surface area contributed by atoms with Crippen molar-refractivity contribution in [1.82, 2.24) is 10.6 Å². The van der Waals surface area contributed by atoms with Gasteiger partial charge in [-0.15, -0.1) is 12.4 Å². The van der Waals surface area contributed by atoms with Gasteiger partial charge in [0.15, 0.2) is 0 Å². The normalized spacial score (nSPS) is 11.9. The van der Waals surface area contributed by atoms with Gasteiger partial charge in [-0.2, -0.15) is 0 Å². The predicted octanol–water partition coefficient (Wildman–Crippen LogP) is 3.31. The zero-order chi connectivity index (χ0) is 19.2. The third-order valence-corrected chi connectivity index (χ3v) is 3.90. The Morgan fingerprint density at radius 2 is 1.37 bits per heavy atom. The van der Waals surface area contributed by atoms with Gasteiger partial charge in [-0.25, -0.2) is 0 Å². The molecule has 0 aliphatic heterocycles. The maximum atomic E-state index is 12.3. The highest BCUT2D eigenvalue weighted by atomic mass is 35.5. The van der Waals surface area contributed by atoms with Gasteiger partial charge >= 0.3 is 0 Å². The number of hydrogen-bond donors (Lipinski definition) is 3. The first kappa shape index (κ1) is 22.7. The van der Waals surface area contributed by atoms with Crippen LogP contribution in [0, 0.1) is 5.41 Å². The molecule has 0 heterocycles. The first-order valence-corrected chi connectivity index (χ1v) is 8.73. The van der Waals surface area contributed by atoms with Crippen molar-refractivity contribution in [2.45, 2.75) is 26.8 Å². The third-order valence-electron chi connectivity index (χ3n) is 3.90. The average molecular weight is 390 g/mol. The van der Waals surface area contributed by atoms with Gasteiger partial charge in [0.05, 0.1) is 0 Å². The molecule has 0 radical (unpaired) electrons. The summed E-state index contributed by atoms with van der Waals surface area (Å²) in [5.74, 6) is -0.351. The van der Waals surface area contributed by atoms with Crippen LogP contribution in [0.25, 0.3) is 0 Å². The molecule has 27 heavy (non-hydrogen) atoms. The van der Waals surface area contributed by atoms with E-state index in [0.717, 1.165) is 5.56 Å². The van der Waals surface area contributed by atoms with Crippen molar-refractivity contribution in [2.75, 3.05) is 13.1 Å². The first-order chi connectivity index (χ1) is 12.3. The number of nitrogens with two attached hydrogens (primary N) is 1. The van der Waals surface area contributed by atoms with Crippen molar-refractivity contribution in [3.63, 3.8) is 0 Å². The van der Waals surface area contributed by atoms with Crippen LogP contribution in [-0.2, 0) is 0 Å². The van der Waals surface area contributed by atoms with Gasteiger partial charge in [-0.1, -0.05) is 51.1 Å². The standard InChI is InChI=1S/C21H27N3O2.ClH/c1-21(2,3)14-24-20(26)17-11-9-16(10-12-17)19(25)23-13-18(22)15-7-5-4-6-8-15;/h4-12,18H,13-14,22H2,1-3H3,(H,23,25)(H,24,26);1H. The monoisotopic (exact) mass is 389 g/mol. The molecule has 4 N–H and O–H groups in total. The third kappa shape index (κ3) is 7.41. The summed E-state index contributed by atoms with van der Waals surface area (Å²) in [6, 6.07) is 16.0. The lowest BCUT2D eigenvalue weighted by atomic mass is 9.97. The molecule has 0 spiro atoms. The number of carbonyl (C=O) groups is 2. The van der Waals surface area contributed by atoms with Crippen molar-refractivity contribution in [2.24, 2.45) is 11.1 Å². The van der Waals surface area contributed by atoms with Crippen LogP contribution < -0.4 is 16.4 Å². The minimum Gasteiger partial charge on any atom is -0.352 e. The van der Waals surface area contributed by atoms with Crippen LogP contribution in [0.15, 0.2) is 54.6 Å². The fraction of sp³-hybridized carbons (Fsp3) is 0.333. The summed E-state index contributed by atoms with van der Waals surface area (Å²) in [6.07, 6.45) is 0. The van der Waals surface area contributed by atoms with Crippen molar-refractivity contribution in [3.05, 3.63) is 71.3 Å². The Balaban J connectivity index is 0.00000364. The lowest BCUT2D eigenvalue weighted by molar-refractivity contribution is 0.0932. The number of hydrogen-bond acceptors (Lipinski definition) is 3. The lowest BCUT2D eigenvalue weighted by Gasteiger charge is -2.18. The van der Waals surface area contributed by atoms with Gasteiger partial charge in [0.2, 0.25) is 0 Å². The Kier molecular flexibility index (Phi) is 8.47. The summed E-state index contributed by atoms with van der Waals surface area (Å²) in [7, 11) is 0. The summed E-state index contributed by atoms with van der Waals surface area (Å²) < 4.78 is 0. The molecule has 0 aliphatic carbocycles. The van der Waals surface area contributed by atoms with Gasteiger partial charge < -0.3 is 16.4 Å². The lowest BCUT2D eigenvalue weighted by Crippen LogP contribution is -2.33. The van der Waals surface area contributed by atoms with E-state index < -0.39 is 0 Å². The minimum atomic E-state index is -0.261. The molecule has 0 aromatic heterocycles. The Morgan fingerprint density at radius 1 is 0.889 bits per heavy atom. The molecule has 2 amide bonds. The van der Waals surface area contributed by atoms with Gasteiger partial charge in [0.25, 0.3) is 11.8 Å². The number of carbonyl (C=O) groups excluding carboxylic acids is 2. The number of halogens is 1. The molecule has 0 saturated heterocycles. The van der Waals surface area contributed by atoms with Crippen LogP contribution in [0.3, 0.4) is 0 Å². The fourth-order valence-corrected chi connectivity index (χ4v) is 2.34. The van der Waals surface area contributed by atoms with Crippen molar-refractivity contribution in [1.29, 1.82) is 0 Å². The molecule has 2 rings (SSSR count). The topological polar surface area (TPSA) is 84.2 Å². The SMILES string of the molecule is CC(C)(C)CNC(=O)c1ccc(C(=O)NCC(N)c2ccccc2)cc1.Cl. The zero-order valence-corrected chi connectivity index (χ0v) is 16.8. The predicted molar refractivity (Wildman–Crippen MR) is 111 cm³/mol. The Labute approximate surface area is 167 Å². The van der Waals surface area contributed by atoms with E-state index in [1.807, 2.05) is 30.3 Å². The largest absolute Gasteiger partial charge is 0.352 e. The van der Waals surface area contributed by atoms with Gasteiger partial charge in [-0.3, -0.25) is 9.59 Å². The van der Waals surface area contributed by atoms with E-state index in [2.05, 4.69) is 31.4 Å². The molecular formula is C21H28ClN3O2. The van der Waals surface area contributed by atoms with Crippen LogP contribution in [0.2, 0.25) is 0 Å². The van der Waals surface area contributed by atoms with Crippen LogP contribution in [0.1, 0.15) is 53.1 Å². The van der Waals surface area contributed by atoms with Gasteiger partial charge in [0.1, 0.15) is 0 Å². The summed E-state index contributed by atoms with van der Waals surface area (Å²) in [5, 5.41) is 5.72. The van der Waals surface area contributed by atoms with Crippen molar-refractivity contribution >= 4 is 24.2 Å². The van der Waals surface area contributed by atoms with E-state index in [0.29, 0.717) is 24.2 Å². The van der Waals surface area contributed by atoms with Gasteiger partial charge in [-0.05, 0) is 35.2 Å². The van der Waals surface area contributed by atoms with Crippen LogP contribution in [0.4, 0.5) is 0 Å². The summed E-state index contributed by atoms with van der Waals surface area (Å²) in [6.45, 7) is 7.10. The van der Waals surface area contributed by atoms with Crippen LogP contribution in [-0.4, -0.2) is 24.9 Å². The molecule has 1 atom stereocenters. The number of benzene rings is 2. The second-order valence-electron chi connectivity index (χ2n) is 7.55. The second kappa shape index (κ2) is 10.1. The molecule has 0 aliphatic rings. The zero-order valence-electron chi connectivity index (χ0n) is 16.0. The molecule has 0 bridgehead atoms. The van der Waals surface area contributed by atoms with E-state index >= 15 is 0 Å². The maximum absolute atomic E-state index is 12.3. The Bertz CT molecular complexity index is 740. The minimum absolute atomic E-state index is 0. The highest BCUT2D eigenvalue weighted by molar-refractivity contribution is 5.97. The van der Waals surface area contributed by atoms with Crippen molar-refractivity contribution in [3.8, 4) is 0 Å². The molecule has 6 heteroatoms. The van der Waals surface area contributed by atoms with Crippen LogP contribution in [0.5, 0.6) is 0 Å². The average Bonchev–Trinajstić information content (AvgIpc) is 2.64. The van der Waals surface area contributed by atoms with Gasteiger partial charge in [0, 0.05) is 30.3 Å². The Morgan fingerprint density at radius 3 is 1.85 bits per heavy atom. The smallest absolute Gasteiger partial charge is 0.251 e. The number of nitrogens with one attached hydrogen (secondary N) is 2. The highest BCUT2D eigenvalue weighted by Gasteiger charge is 2.14. The Hall–Kier alpha value is -2.37. The van der Waals surface area contributed by atoms with Crippen LogP contribution >= 0.6 is 12.4 Å². The summed E-state index contributed by atoms with van der Waals surface area (Å²) in [4.78, 5) is 24.4. The molecule has 2 aromatic carbocycles. The summed E-state index contributed by atoms with van der Waals surface area (Å²) in [5.41, 5.74) is 8.11. The maximum Gasteiger partial charge on any atom is 0.251 e. The first-order valence-electron chi connectivity index (χ1n) is 8.73. The molecule has 146 valence electrons. The quantitative estimate of drug-likeness (QED) is 0.708. The van der Waals surface area contributed by atoms with E-state index in [9.17, 15) is 9.59 Å². The fourth-order valence-electron chi connectivity index (χ4n) is 2.34. The number of amides is 2. The number of rotatable bonds is 6. The van der Waals surface area contributed by atoms with E-state index in [4.69, 9.17) is 5.73 Å². The van der Waals surface area contributed by atoms with E-state index in [1.165, 1.54) is 0 Å². The molecule has 0 fully saturated rings. The summed E-state index contributed by atoms with van der Waals surface area (Å²) >= 11 is 0. The van der Waals surface area contributed by atoms with E-state index in [-0.39, 0.29) is 35.7 Å². The molecule has 1 unspecified atom stereocenters. The molecule has 2 aromatic rings. The van der Waals surface area contributed by atoms with E-state index in [1.54, 1.807) is 24.3 Å². The van der Waals surface area contributed by atoms with Crippen molar-refractivity contribution < 1.29 is 9.59 Å². The molecular weight excluding hydrogens is 362 g/mol. The molecule has 5 nitrogen and oxygen atoms in total. The highest BCUT2D eigenvalue weighted by Crippen LogP contribution is 2.12. The molecule has 0 saturated carbocycles. The second-order valence-corrected chi connectivity index (χ2v) is 7.55.